The van der Waals surface area contributed by atoms with Gasteiger partial charge in [0, 0.05) is 6.92 Å². The van der Waals surface area contributed by atoms with E-state index in [0.717, 1.165) is 11.4 Å². The van der Waals surface area contributed by atoms with E-state index in [-0.39, 0.29) is 12.2 Å². The monoisotopic (exact) mass is 191 g/mol. The van der Waals surface area contributed by atoms with Crippen LogP contribution in [-0.2, 0) is 4.79 Å². The Morgan fingerprint density at radius 3 is 2.79 bits per heavy atom. The van der Waals surface area contributed by atoms with Crippen molar-refractivity contribution in [1.82, 2.24) is 5.32 Å². The van der Waals surface area contributed by atoms with Crippen LogP contribution in [0.5, 0.6) is 0 Å². The van der Waals surface area contributed by atoms with Crippen molar-refractivity contribution in [2.75, 3.05) is 10.6 Å². The van der Waals surface area contributed by atoms with Gasteiger partial charge in [-0.3, -0.25) is 4.79 Å². The van der Waals surface area contributed by atoms with Crippen LogP contribution in [0.3, 0.4) is 0 Å². The minimum atomic E-state index is -0.190. The van der Waals surface area contributed by atoms with Gasteiger partial charge in [0.1, 0.15) is 0 Å². The molecule has 1 amide bonds. The van der Waals surface area contributed by atoms with E-state index in [4.69, 9.17) is 0 Å². The number of hydrogen-bond donors (Lipinski definition) is 3. The first kappa shape index (κ1) is 8.87. The highest BCUT2D eigenvalue weighted by Crippen LogP contribution is 2.28. The molecule has 0 aromatic heterocycles. The second kappa shape index (κ2) is 3.21. The molecule has 1 aromatic rings. The molecule has 0 spiro atoms. The Hall–Kier alpha value is -1.71. The van der Waals surface area contributed by atoms with Crippen molar-refractivity contribution >= 4 is 17.3 Å². The molecule has 1 heterocycles. The average molecular weight is 191 g/mol. The summed E-state index contributed by atoms with van der Waals surface area (Å²) < 4.78 is 0. The molecule has 0 saturated heterocycles. The van der Waals surface area contributed by atoms with E-state index >= 15 is 0 Å². The maximum absolute atomic E-state index is 10.8. The summed E-state index contributed by atoms with van der Waals surface area (Å²) in [6, 6.07) is 6.08. The first-order valence-electron chi connectivity index (χ1n) is 4.56. The molecule has 0 fully saturated rings. The van der Waals surface area contributed by atoms with Crippen molar-refractivity contribution in [2.24, 2.45) is 0 Å². The van der Waals surface area contributed by atoms with Crippen molar-refractivity contribution in [3.63, 3.8) is 0 Å². The zero-order valence-corrected chi connectivity index (χ0v) is 8.22. The van der Waals surface area contributed by atoms with Crippen LogP contribution in [0.2, 0.25) is 0 Å². The number of rotatable bonds is 1. The Bertz CT molecular complexity index is 376. The van der Waals surface area contributed by atoms with Gasteiger partial charge in [0.25, 0.3) is 0 Å². The second-order valence-corrected chi connectivity index (χ2v) is 3.47. The predicted molar refractivity (Wildman–Crippen MR) is 56.0 cm³/mol. The molecule has 0 radical (unpaired) electrons. The first-order chi connectivity index (χ1) is 6.65. The Labute approximate surface area is 82.7 Å². The summed E-state index contributed by atoms with van der Waals surface area (Å²) in [7, 11) is 0. The molecule has 14 heavy (non-hydrogen) atoms. The molecule has 3 N–H and O–H groups in total. The minimum Gasteiger partial charge on any atom is -0.347 e. The largest absolute Gasteiger partial charge is 0.347 e. The summed E-state index contributed by atoms with van der Waals surface area (Å²) >= 11 is 0. The fourth-order valence-electron chi connectivity index (χ4n) is 1.53. The van der Waals surface area contributed by atoms with Crippen LogP contribution in [0.25, 0.3) is 0 Å². The molecule has 0 aliphatic carbocycles. The summed E-state index contributed by atoms with van der Waals surface area (Å²) in [6.07, 6.45) is -0.190. The molecule has 1 atom stereocenters. The lowest BCUT2D eigenvalue weighted by Crippen LogP contribution is -2.41. The summed E-state index contributed by atoms with van der Waals surface area (Å²) in [5.74, 6) is -0.0560. The van der Waals surface area contributed by atoms with Crippen LogP contribution >= 0.6 is 0 Å². The van der Waals surface area contributed by atoms with Crippen molar-refractivity contribution in [1.29, 1.82) is 0 Å². The van der Waals surface area contributed by atoms with E-state index in [9.17, 15) is 4.79 Å². The van der Waals surface area contributed by atoms with Gasteiger partial charge in [0.15, 0.2) is 6.29 Å². The molecule has 74 valence electrons. The number of amides is 1. The van der Waals surface area contributed by atoms with Gasteiger partial charge in [0.2, 0.25) is 5.91 Å². The molecule has 0 saturated carbocycles. The molecule has 4 heteroatoms. The zero-order chi connectivity index (χ0) is 10.1. The third kappa shape index (κ3) is 1.64. The fraction of sp³-hybridized carbons (Fsp3) is 0.300. The second-order valence-electron chi connectivity index (χ2n) is 3.47. The maximum atomic E-state index is 10.8. The van der Waals surface area contributed by atoms with Crippen LogP contribution < -0.4 is 16.0 Å². The molecule has 1 aromatic carbocycles. The van der Waals surface area contributed by atoms with Crippen LogP contribution in [0.1, 0.15) is 12.5 Å². The number of hydrogen-bond acceptors (Lipinski definition) is 3. The SMILES string of the molecule is CC(=O)NC1Nc2ccc(C)cc2N1. The molecule has 1 aliphatic rings. The summed E-state index contributed by atoms with van der Waals surface area (Å²) in [6.45, 7) is 3.53. The van der Waals surface area contributed by atoms with Crippen LogP contribution in [-0.4, -0.2) is 12.2 Å². The zero-order valence-electron chi connectivity index (χ0n) is 8.22. The molecular weight excluding hydrogens is 178 g/mol. The van der Waals surface area contributed by atoms with Gasteiger partial charge >= 0.3 is 0 Å². The highest BCUT2D eigenvalue weighted by molar-refractivity contribution is 5.79. The molecule has 0 bridgehead atoms. The number of carbonyl (C=O) groups excluding carboxylic acids is 1. The van der Waals surface area contributed by atoms with E-state index in [1.54, 1.807) is 0 Å². The highest BCUT2D eigenvalue weighted by Gasteiger charge is 2.19. The molecule has 1 aliphatic heterocycles. The fourth-order valence-corrected chi connectivity index (χ4v) is 1.53. The lowest BCUT2D eigenvalue weighted by atomic mass is 10.2. The van der Waals surface area contributed by atoms with E-state index in [1.807, 2.05) is 25.1 Å². The third-order valence-electron chi connectivity index (χ3n) is 2.12. The van der Waals surface area contributed by atoms with E-state index in [1.165, 1.54) is 12.5 Å². The van der Waals surface area contributed by atoms with Gasteiger partial charge in [0.05, 0.1) is 11.4 Å². The number of anilines is 2. The number of fused-ring (bicyclic) bond motifs is 1. The Morgan fingerprint density at radius 1 is 1.36 bits per heavy atom. The topological polar surface area (TPSA) is 53.2 Å². The molecule has 1 unspecified atom stereocenters. The first-order valence-corrected chi connectivity index (χ1v) is 4.56. The predicted octanol–water partition coefficient (Wildman–Crippen LogP) is 1.25. The number of nitrogens with one attached hydrogen (secondary N) is 3. The summed E-state index contributed by atoms with van der Waals surface area (Å²) in [5.41, 5.74) is 3.25. The van der Waals surface area contributed by atoms with Gasteiger partial charge < -0.3 is 16.0 Å². The van der Waals surface area contributed by atoms with E-state index in [0.29, 0.717) is 0 Å². The molecular formula is C10H13N3O. The maximum Gasteiger partial charge on any atom is 0.219 e. The average Bonchev–Trinajstić information content (AvgIpc) is 2.44. The van der Waals surface area contributed by atoms with E-state index < -0.39 is 0 Å². The quantitative estimate of drug-likeness (QED) is 0.626. The molecule has 2 rings (SSSR count). The third-order valence-corrected chi connectivity index (χ3v) is 2.12. The van der Waals surface area contributed by atoms with Gasteiger partial charge in [-0.25, -0.2) is 0 Å². The Balaban J connectivity index is 2.14. The lowest BCUT2D eigenvalue weighted by Gasteiger charge is -2.12. The van der Waals surface area contributed by atoms with Crippen molar-refractivity contribution in [3.05, 3.63) is 23.8 Å². The van der Waals surface area contributed by atoms with Crippen molar-refractivity contribution < 1.29 is 4.79 Å². The van der Waals surface area contributed by atoms with Crippen LogP contribution in [0, 0.1) is 6.92 Å². The van der Waals surface area contributed by atoms with Crippen LogP contribution in [0.15, 0.2) is 18.2 Å². The Kier molecular flexibility index (Phi) is 2.04. The van der Waals surface area contributed by atoms with Gasteiger partial charge in [-0.1, -0.05) is 6.07 Å². The normalized spacial score (nSPS) is 18.0. The summed E-state index contributed by atoms with van der Waals surface area (Å²) in [4.78, 5) is 10.8. The summed E-state index contributed by atoms with van der Waals surface area (Å²) in [5, 5.41) is 9.06. The molecule has 4 nitrogen and oxygen atoms in total. The van der Waals surface area contributed by atoms with Gasteiger partial charge in [-0.2, -0.15) is 0 Å². The van der Waals surface area contributed by atoms with Crippen molar-refractivity contribution in [2.45, 2.75) is 20.1 Å². The van der Waals surface area contributed by atoms with Gasteiger partial charge in [-0.15, -0.1) is 0 Å². The standard InChI is InChI=1S/C10H13N3O/c1-6-3-4-8-9(5-6)13-10(12-8)11-7(2)14/h3-5,10,12-13H,1-2H3,(H,11,14). The lowest BCUT2D eigenvalue weighted by molar-refractivity contribution is -0.119. The van der Waals surface area contributed by atoms with Gasteiger partial charge in [-0.05, 0) is 24.6 Å². The Morgan fingerprint density at radius 2 is 2.07 bits per heavy atom. The minimum absolute atomic E-state index is 0.0560. The number of carbonyl (C=O) groups is 1. The van der Waals surface area contributed by atoms with E-state index in [2.05, 4.69) is 16.0 Å². The number of benzene rings is 1. The highest BCUT2D eigenvalue weighted by atomic mass is 16.1. The van der Waals surface area contributed by atoms with Crippen LogP contribution in [0.4, 0.5) is 11.4 Å². The smallest absolute Gasteiger partial charge is 0.219 e. The van der Waals surface area contributed by atoms with Crippen molar-refractivity contribution in [3.8, 4) is 0 Å². The number of aryl methyl sites for hydroxylation is 1.